The summed E-state index contributed by atoms with van der Waals surface area (Å²) in [5, 5.41) is 0. The molecule has 1 rings (SSSR count). The smallest absolute Gasteiger partial charge is 0.0895 e. The van der Waals surface area contributed by atoms with Crippen molar-refractivity contribution < 1.29 is 4.48 Å². The summed E-state index contributed by atoms with van der Waals surface area (Å²) < 4.78 is 1.24. The van der Waals surface area contributed by atoms with E-state index in [2.05, 4.69) is 25.8 Å². The summed E-state index contributed by atoms with van der Waals surface area (Å²) in [4.78, 5) is 0. The summed E-state index contributed by atoms with van der Waals surface area (Å²) >= 11 is 0. The van der Waals surface area contributed by atoms with Crippen LogP contribution < -0.4 is 0 Å². The normalized spacial score (nSPS) is 29.8. The van der Waals surface area contributed by atoms with Gasteiger partial charge < -0.3 is 4.48 Å². The zero-order chi connectivity index (χ0) is 8.86. The van der Waals surface area contributed by atoms with Crippen LogP contribution in [-0.4, -0.2) is 31.2 Å². The van der Waals surface area contributed by atoms with Gasteiger partial charge in [0.15, 0.2) is 0 Å². The van der Waals surface area contributed by atoms with Gasteiger partial charge in [-0.15, -0.1) is 5.92 Å². The molecule has 12 heavy (non-hydrogen) atoms. The summed E-state index contributed by atoms with van der Waals surface area (Å²) in [6, 6.07) is 0. The highest BCUT2D eigenvalue weighted by molar-refractivity contribution is 4.99. The number of nitrogens with zero attached hydrogens (tertiary/aromatic N) is 1. The van der Waals surface area contributed by atoms with E-state index < -0.39 is 0 Å². The molecule has 1 heterocycles. The van der Waals surface area contributed by atoms with Gasteiger partial charge >= 0.3 is 0 Å². The molecule has 1 atom stereocenters. The molecule has 0 fully saturated rings. The minimum atomic E-state index is 1.09. The monoisotopic (exact) mass is 166 g/mol. The predicted octanol–water partition coefficient (Wildman–Crippen LogP) is 2.03. The van der Waals surface area contributed by atoms with Crippen molar-refractivity contribution in [2.45, 2.75) is 32.6 Å². The summed E-state index contributed by atoms with van der Waals surface area (Å²) in [5.41, 5.74) is 0. The van der Waals surface area contributed by atoms with Crippen LogP contribution >= 0.6 is 0 Å². The van der Waals surface area contributed by atoms with Gasteiger partial charge in [0.1, 0.15) is 0 Å². The van der Waals surface area contributed by atoms with Gasteiger partial charge in [-0.3, -0.25) is 0 Å². The van der Waals surface area contributed by atoms with E-state index in [9.17, 15) is 0 Å². The lowest BCUT2D eigenvalue weighted by molar-refractivity contribution is -0.909. The maximum Gasteiger partial charge on any atom is 0.0895 e. The summed E-state index contributed by atoms with van der Waals surface area (Å²) in [6.45, 7) is 6.17. The Kier molecular flexibility index (Phi) is 3.62. The topological polar surface area (TPSA) is 0 Å². The van der Waals surface area contributed by atoms with Crippen LogP contribution in [-0.2, 0) is 0 Å². The first-order valence-corrected chi connectivity index (χ1v) is 5.06. The SMILES string of the molecule is CCC[N+]1(C)CCC#CCCC1. The van der Waals surface area contributed by atoms with Crippen LogP contribution in [0, 0.1) is 11.8 Å². The highest BCUT2D eigenvalue weighted by Gasteiger charge is 2.19. The fourth-order valence-electron chi connectivity index (χ4n) is 1.93. The Labute approximate surface area is 76.4 Å². The molecule has 0 N–H and O–H groups in total. The quantitative estimate of drug-likeness (QED) is 0.435. The molecule has 68 valence electrons. The van der Waals surface area contributed by atoms with E-state index in [-0.39, 0.29) is 0 Å². The third-order valence-corrected chi connectivity index (χ3v) is 2.66. The number of rotatable bonds is 2. The number of quaternary nitrogens is 1. The average Bonchev–Trinajstić information content (AvgIpc) is 1.99. The minimum absolute atomic E-state index is 1.09. The number of hydrogen-bond acceptors (Lipinski definition) is 0. The maximum atomic E-state index is 3.24. The second-order valence-corrected chi connectivity index (χ2v) is 4.00. The fourth-order valence-corrected chi connectivity index (χ4v) is 1.93. The molecule has 1 unspecified atom stereocenters. The fraction of sp³-hybridized carbons (Fsp3) is 0.818. The summed E-state index contributed by atoms with van der Waals surface area (Å²) in [7, 11) is 2.37. The third-order valence-electron chi connectivity index (χ3n) is 2.66. The Bertz CT molecular complexity index is 187. The Balaban J connectivity index is 2.48. The second-order valence-electron chi connectivity index (χ2n) is 4.00. The first-order valence-electron chi connectivity index (χ1n) is 5.06. The Morgan fingerprint density at radius 1 is 1.17 bits per heavy atom. The molecule has 0 aliphatic carbocycles. The molecule has 0 aromatic carbocycles. The Morgan fingerprint density at radius 3 is 2.67 bits per heavy atom. The minimum Gasteiger partial charge on any atom is -0.325 e. The van der Waals surface area contributed by atoms with Crippen molar-refractivity contribution in [1.82, 2.24) is 0 Å². The summed E-state index contributed by atoms with van der Waals surface area (Å²) in [6.07, 6.45) is 4.78. The van der Waals surface area contributed by atoms with Crippen molar-refractivity contribution in [3.05, 3.63) is 0 Å². The Hall–Kier alpha value is -0.480. The zero-order valence-corrected chi connectivity index (χ0v) is 8.40. The van der Waals surface area contributed by atoms with Crippen LogP contribution in [0.15, 0.2) is 0 Å². The van der Waals surface area contributed by atoms with Gasteiger partial charge in [0.25, 0.3) is 0 Å². The van der Waals surface area contributed by atoms with Crippen molar-refractivity contribution in [3.63, 3.8) is 0 Å². The highest BCUT2D eigenvalue weighted by atomic mass is 15.3. The van der Waals surface area contributed by atoms with Crippen LogP contribution in [0.4, 0.5) is 0 Å². The molecule has 0 amide bonds. The van der Waals surface area contributed by atoms with Gasteiger partial charge in [0.05, 0.1) is 33.1 Å². The molecule has 1 aliphatic rings. The van der Waals surface area contributed by atoms with Crippen molar-refractivity contribution in [2.24, 2.45) is 0 Å². The lowest BCUT2D eigenvalue weighted by atomic mass is 10.2. The molecule has 0 saturated heterocycles. The molecular weight excluding hydrogens is 146 g/mol. The van der Waals surface area contributed by atoms with Gasteiger partial charge in [-0.05, 0) is 6.42 Å². The van der Waals surface area contributed by atoms with Crippen LogP contribution in [0.1, 0.15) is 32.6 Å². The maximum absolute atomic E-state index is 3.24. The van der Waals surface area contributed by atoms with Crippen molar-refractivity contribution in [2.75, 3.05) is 26.7 Å². The molecule has 0 aromatic heterocycles. The highest BCUT2D eigenvalue weighted by Crippen LogP contribution is 2.09. The van der Waals surface area contributed by atoms with Crippen molar-refractivity contribution in [3.8, 4) is 11.8 Å². The van der Waals surface area contributed by atoms with Crippen LogP contribution in [0.2, 0.25) is 0 Å². The largest absolute Gasteiger partial charge is 0.325 e. The average molecular weight is 166 g/mol. The van der Waals surface area contributed by atoms with Crippen LogP contribution in [0.3, 0.4) is 0 Å². The first kappa shape index (κ1) is 9.61. The lowest BCUT2D eigenvalue weighted by Crippen LogP contribution is -2.46. The van der Waals surface area contributed by atoms with Gasteiger partial charge in [0, 0.05) is 12.8 Å². The molecular formula is C11H20N+. The second kappa shape index (κ2) is 4.52. The Morgan fingerprint density at radius 2 is 1.92 bits per heavy atom. The van der Waals surface area contributed by atoms with Gasteiger partial charge in [-0.1, -0.05) is 12.8 Å². The van der Waals surface area contributed by atoms with E-state index in [1.165, 1.54) is 37.0 Å². The zero-order valence-electron chi connectivity index (χ0n) is 8.40. The van der Waals surface area contributed by atoms with Crippen molar-refractivity contribution in [1.29, 1.82) is 0 Å². The molecule has 0 bridgehead atoms. The molecule has 0 spiro atoms. The van der Waals surface area contributed by atoms with E-state index in [0.717, 1.165) is 12.8 Å². The predicted molar refractivity (Wildman–Crippen MR) is 52.7 cm³/mol. The van der Waals surface area contributed by atoms with Gasteiger partial charge in [-0.2, -0.15) is 0 Å². The molecule has 1 heteroatoms. The first-order chi connectivity index (χ1) is 5.77. The van der Waals surface area contributed by atoms with Crippen LogP contribution in [0.25, 0.3) is 0 Å². The lowest BCUT2D eigenvalue weighted by Gasteiger charge is -2.34. The molecule has 0 saturated carbocycles. The third kappa shape index (κ3) is 2.87. The van der Waals surface area contributed by atoms with Crippen LogP contribution in [0.5, 0.6) is 0 Å². The number of hydrogen-bond donors (Lipinski definition) is 0. The molecule has 1 nitrogen and oxygen atoms in total. The molecule has 0 aromatic rings. The van der Waals surface area contributed by atoms with Gasteiger partial charge in [-0.25, -0.2) is 0 Å². The standard InChI is InChI=1S/C11H20N/c1-3-9-12(2)10-7-5-4-6-8-11-12/h3,5,7-11H2,1-2H3/q+1. The van der Waals surface area contributed by atoms with Gasteiger partial charge in [0.2, 0.25) is 0 Å². The van der Waals surface area contributed by atoms with E-state index >= 15 is 0 Å². The van der Waals surface area contributed by atoms with E-state index in [1.807, 2.05) is 0 Å². The van der Waals surface area contributed by atoms with E-state index in [1.54, 1.807) is 0 Å². The van der Waals surface area contributed by atoms with Crippen molar-refractivity contribution >= 4 is 0 Å². The summed E-state index contributed by atoms with van der Waals surface area (Å²) in [5.74, 6) is 6.44. The van der Waals surface area contributed by atoms with E-state index in [0.29, 0.717) is 0 Å². The van der Waals surface area contributed by atoms with E-state index in [4.69, 9.17) is 0 Å². The molecule has 0 radical (unpaired) electrons. The molecule has 1 aliphatic heterocycles.